The lowest BCUT2D eigenvalue weighted by Crippen LogP contribution is -2.61. The van der Waals surface area contributed by atoms with E-state index < -0.39 is 0 Å². The van der Waals surface area contributed by atoms with Crippen molar-refractivity contribution < 1.29 is 0 Å². The average molecular weight is 1070 g/mol. The van der Waals surface area contributed by atoms with Gasteiger partial charge in [-0.15, -0.1) is 22.7 Å². The van der Waals surface area contributed by atoms with Crippen LogP contribution in [0.4, 0.5) is 68.2 Å². The minimum Gasteiger partial charge on any atom is -0.311 e. The van der Waals surface area contributed by atoms with Gasteiger partial charge in [0.2, 0.25) is 0 Å². The fraction of sp³-hybridized carbons (Fsp3) is 0. The van der Waals surface area contributed by atoms with E-state index in [-0.39, 0.29) is 6.71 Å². The lowest BCUT2D eigenvalue weighted by atomic mass is 9.33. The molecule has 4 heterocycles. The average Bonchev–Trinajstić information content (AvgIpc) is 2.82. The van der Waals surface area contributed by atoms with Gasteiger partial charge in [0.25, 0.3) is 6.71 Å². The molecule has 378 valence electrons. The van der Waals surface area contributed by atoms with Crippen LogP contribution in [0.1, 0.15) is 0 Å². The van der Waals surface area contributed by atoms with Gasteiger partial charge in [0, 0.05) is 108 Å². The molecule has 0 N–H and O–H groups in total. The number of fused-ring (bicyclic) bond motifs is 14. The maximum Gasteiger partial charge on any atom is 0.252 e. The van der Waals surface area contributed by atoms with Gasteiger partial charge < -0.3 is 19.6 Å². The molecular weight excluding hydrogens is 1020 g/mol. The lowest BCUT2D eigenvalue weighted by Gasteiger charge is -2.44. The van der Waals surface area contributed by atoms with Gasteiger partial charge in [-0.2, -0.15) is 0 Å². The van der Waals surface area contributed by atoms with Gasteiger partial charge in [-0.05, 0) is 148 Å². The molecule has 0 saturated carbocycles. The number of para-hydroxylation sites is 6. The molecule has 0 saturated heterocycles. The Morgan fingerprint density at radius 3 is 0.975 bits per heavy atom. The maximum absolute atomic E-state index is 2.56. The van der Waals surface area contributed by atoms with Crippen molar-refractivity contribution in [2.24, 2.45) is 0 Å². The Bertz CT molecular complexity index is 4570. The summed E-state index contributed by atoms with van der Waals surface area (Å²) >= 11 is 3.82. The van der Waals surface area contributed by atoms with E-state index in [9.17, 15) is 0 Å². The molecule has 7 heteroatoms. The molecule has 4 nitrogen and oxygen atoms in total. The second-order valence-corrected chi connectivity index (χ2v) is 23.3. The normalized spacial score (nSPS) is 12.6. The summed E-state index contributed by atoms with van der Waals surface area (Å²) in [6.45, 7) is -0.0664. The van der Waals surface area contributed by atoms with Gasteiger partial charge in [0.05, 0.1) is 11.4 Å². The van der Waals surface area contributed by atoms with Crippen LogP contribution in [0.5, 0.6) is 0 Å². The van der Waals surface area contributed by atoms with E-state index in [4.69, 9.17) is 0 Å². The topological polar surface area (TPSA) is 13.0 Å². The largest absolute Gasteiger partial charge is 0.311 e. The van der Waals surface area contributed by atoms with Crippen LogP contribution in [0.3, 0.4) is 0 Å². The Morgan fingerprint density at radius 2 is 0.605 bits per heavy atom. The molecular formula is C74H47BN4S2. The predicted molar refractivity (Wildman–Crippen MR) is 351 cm³/mol. The maximum atomic E-state index is 2.56. The zero-order valence-corrected chi connectivity index (χ0v) is 45.5. The summed E-state index contributed by atoms with van der Waals surface area (Å²) in [5.74, 6) is 0. The number of thiophene rings is 2. The van der Waals surface area contributed by atoms with E-state index >= 15 is 0 Å². The Kier molecular flexibility index (Phi) is 10.4. The number of anilines is 12. The Labute approximate surface area is 477 Å². The number of benzene rings is 13. The zero-order valence-electron chi connectivity index (χ0n) is 43.8. The molecule has 0 atom stereocenters. The van der Waals surface area contributed by atoms with Gasteiger partial charge in [0.1, 0.15) is 0 Å². The second-order valence-electron chi connectivity index (χ2n) is 21.1. The highest BCUT2D eigenvalue weighted by molar-refractivity contribution is 7.27. The molecule has 0 spiro atoms. The Balaban J connectivity index is 0.941. The SMILES string of the molecule is c1ccc(N2c3cc4c(cc3B3c5cc6sc7cc(N(c8ccccc8)c8ccccc8)c8ccccc8c7c6cc5N(c5ccccc5)c5cccc2c53)sc2cc(N(c3ccccc3)c3ccccc3)c3ccccc3c24)cc1. The molecule has 2 aromatic heterocycles. The fourth-order valence-electron chi connectivity index (χ4n) is 13.4. The molecule has 17 rings (SSSR count). The molecule has 0 amide bonds. The van der Waals surface area contributed by atoms with E-state index in [0.717, 1.165) is 45.5 Å². The van der Waals surface area contributed by atoms with Crippen LogP contribution in [-0.4, -0.2) is 6.71 Å². The van der Waals surface area contributed by atoms with Crippen molar-refractivity contribution in [1.82, 2.24) is 0 Å². The first-order chi connectivity index (χ1) is 40.2. The first kappa shape index (κ1) is 46.0. The van der Waals surface area contributed by atoms with Crippen molar-refractivity contribution in [3.05, 3.63) is 285 Å². The summed E-state index contributed by atoms with van der Waals surface area (Å²) in [5.41, 5.74) is 17.8. The Morgan fingerprint density at radius 1 is 0.272 bits per heavy atom. The molecule has 81 heavy (non-hydrogen) atoms. The van der Waals surface area contributed by atoms with Crippen LogP contribution in [0.15, 0.2) is 285 Å². The minimum absolute atomic E-state index is 0.0664. The third-order valence-corrected chi connectivity index (χ3v) is 18.9. The van der Waals surface area contributed by atoms with Crippen molar-refractivity contribution in [3.63, 3.8) is 0 Å². The number of hydrogen-bond donors (Lipinski definition) is 0. The summed E-state index contributed by atoms with van der Waals surface area (Å²) in [4.78, 5) is 9.93. The smallest absolute Gasteiger partial charge is 0.252 e. The predicted octanol–water partition coefficient (Wildman–Crippen LogP) is 19.8. The Hall–Kier alpha value is -9.92. The minimum atomic E-state index is -0.0664. The van der Waals surface area contributed by atoms with E-state index in [1.54, 1.807) is 0 Å². The van der Waals surface area contributed by atoms with Crippen molar-refractivity contribution in [2.75, 3.05) is 19.6 Å². The van der Waals surface area contributed by atoms with Gasteiger partial charge in [-0.1, -0.05) is 164 Å². The van der Waals surface area contributed by atoms with Gasteiger partial charge in [-0.25, -0.2) is 0 Å². The molecule has 0 fully saturated rings. The zero-order chi connectivity index (χ0) is 53.1. The van der Waals surface area contributed by atoms with E-state index in [2.05, 4.69) is 305 Å². The van der Waals surface area contributed by atoms with Crippen LogP contribution < -0.4 is 36.0 Å². The highest BCUT2D eigenvalue weighted by Crippen LogP contribution is 2.52. The van der Waals surface area contributed by atoms with Gasteiger partial charge in [0.15, 0.2) is 0 Å². The summed E-state index contributed by atoms with van der Waals surface area (Å²) in [7, 11) is 0. The number of rotatable bonds is 8. The lowest BCUT2D eigenvalue weighted by molar-refractivity contribution is 1.26. The van der Waals surface area contributed by atoms with E-state index in [0.29, 0.717) is 0 Å². The van der Waals surface area contributed by atoms with Crippen molar-refractivity contribution >= 4 is 176 Å². The molecule has 0 unspecified atom stereocenters. The van der Waals surface area contributed by atoms with Crippen molar-refractivity contribution in [2.45, 2.75) is 0 Å². The van der Waals surface area contributed by atoms with Crippen LogP contribution >= 0.6 is 22.7 Å². The highest BCUT2D eigenvalue weighted by Gasteiger charge is 2.44. The van der Waals surface area contributed by atoms with E-state index in [1.807, 2.05) is 22.7 Å². The molecule has 2 aliphatic heterocycles. The van der Waals surface area contributed by atoms with Crippen molar-refractivity contribution in [3.8, 4) is 0 Å². The molecule has 15 aromatic rings. The van der Waals surface area contributed by atoms with Gasteiger partial charge in [-0.3, -0.25) is 0 Å². The highest BCUT2D eigenvalue weighted by atomic mass is 32.1. The number of hydrogen-bond acceptors (Lipinski definition) is 6. The fourth-order valence-corrected chi connectivity index (χ4v) is 15.8. The number of nitrogens with zero attached hydrogens (tertiary/aromatic N) is 4. The quantitative estimate of drug-likeness (QED) is 0.141. The third kappa shape index (κ3) is 7.09. The monoisotopic (exact) mass is 1070 g/mol. The van der Waals surface area contributed by atoms with Crippen molar-refractivity contribution in [1.29, 1.82) is 0 Å². The van der Waals surface area contributed by atoms with Crippen LogP contribution in [0, 0.1) is 0 Å². The van der Waals surface area contributed by atoms with Crippen LogP contribution in [-0.2, 0) is 0 Å². The summed E-state index contributed by atoms with van der Waals surface area (Å²) in [6.07, 6.45) is 0. The first-order valence-corrected chi connectivity index (χ1v) is 29.3. The molecule has 2 aliphatic rings. The summed E-state index contributed by atoms with van der Waals surface area (Å²) in [6, 6.07) is 105. The molecule has 0 aliphatic carbocycles. The molecule has 0 radical (unpaired) electrons. The van der Waals surface area contributed by atoms with E-state index in [1.165, 1.54) is 101 Å². The molecule has 0 bridgehead atoms. The van der Waals surface area contributed by atoms with Gasteiger partial charge >= 0.3 is 0 Å². The second kappa shape index (κ2) is 18.3. The molecule has 13 aromatic carbocycles. The van der Waals surface area contributed by atoms with Crippen LogP contribution in [0.25, 0.3) is 61.9 Å². The summed E-state index contributed by atoms with van der Waals surface area (Å²) < 4.78 is 5.08. The third-order valence-electron chi connectivity index (χ3n) is 16.7. The first-order valence-electron chi connectivity index (χ1n) is 27.7. The summed E-state index contributed by atoms with van der Waals surface area (Å²) in [5, 5.41) is 10.1. The van der Waals surface area contributed by atoms with Crippen LogP contribution in [0.2, 0.25) is 0 Å². The standard InChI is InChI=1S/C74H47BN4S2/c1-7-24-48(25-8-1)76(49-26-9-2-10-27-49)64-46-70-72(56-38-21-19-36-54(56)64)58-42-66-60(44-68(58)80-70)75-61-45-69-59(43-67(61)79(53-34-17-6-18-35-53)63-41-23-40-62(74(63)75)78(66)52-32-15-5-16-33-52)73-57-39-22-20-37-55(57)65(47-71(73)81-69)77(50-28-11-3-12-29-50)51-30-13-4-14-31-51/h1-47H.